The maximum atomic E-state index is 8.65. The van der Waals surface area contributed by atoms with Crippen LogP contribution >= 0.6 is 15.9 Å². The predicted molar refractivity (Wildman–Crippen MR) is 53.2 cm³/mol. The van der Waals surface area contributed by atoms with E-state index in [1.165, 1.54) is 11.1 Å². The van der Waals surface area contributed by atoms with Crippen LogP contribution in [-0.4, -0.2) is 0 Å². The predicted octanol–water partition coefficient (Wildman–Crippen LogP) is 3.26. The van der Waals surface area contributed by atoms with Crippen LogP contribution in [0.25, 0.3) is 0 Å². The lowest BCUT2D eigenvalue weighted by molar-refractivity contribution is 1.21. The number of benzene rings is 1. The highest BCUT2D eigenvalue weighted by Gasteiger charge is 2.05. The highest BCUT2D eigenvalue weighted by molar-refractivity contribution is 9.09. The van der Waals surface area contributed by atoms with Crippen molar-refractivity contribution in [2.45, 2.75) is 18.7 Å². The lowest BCUT2D eigenvalue weighted by Crippen LogP contribution is -1.88. The normalized spacial score (nSPS) is 12.2. The molecule has 0 fully saturated rings. The Bertz CT molecular complexity index is 325. The second-order valence-electron chi connectivity index (χ2n) is 2.84. The molecule has 0 radical (unpaired) electrons. The van der Waals surface area contributed by atoms with Gasteiger partial charge in [0.2, 0.25) is 0 Å². The summed E-state index contributed by atoms with van der Waals surface area (Å²) in [4.78, 5) is -0.184. The summed E-state index contributed by atoms with van der Waals surface area (Å²) in [7, 11) is 0. The van der Waals surface area contributed by atoms with Crippen molar-refractivity contribution in [3.8, 4) is 6.07 Å². The van der Waals surface area contributed by atoms with E-state index in [-0.39, 0.29) is 4.83 Å². The zero-order chi connectivity index (χ0) is 9.14. The summed E-state index contributed by atoms with van der Waals surface area (Å²) >= 11 is 3.28. The standard InChI is InChI=1S/C10H10BrN/c1-7-3-4-9(5-8(7)2)10(11)6-12/h3-5,10H,1-2H3. The first-order valence-corrected chi connectivity index (χ1v) is 4.67. The van der Waals surface area contributed by atoms with Gasteiger partial charge in [-0.3, -0.25) is 0 Å². The van der Waals surface area contributed by atoms with Crippen LogP contribution in [0, 0.1) is 25.2 Å². The first-order valence-electron chi connectivity index (χ1n) is 3.76. The maximum Gasteiger partial charge on any atom is 0.126 e. The summed E-state index contributed by atoms with van der Waals surface area (Å²) in [5, 5.41) is 8.65. The van der Waals surface area contributed by atoms with E-state index >= 15 is 0 Å². The molecule has 1 aromatic rings. The van der Waals surface area contributed by atoms with E-state index in [0.717, 1.165) is 5.56 Å². The van der Waals surface area contributed by atoms with Crippen molar-refractivity contribution in [3.05, 3.63) is 34.9 Å². The monoisotopic (exact) mass is 223 g/mol. The van der Waals surface area contributed by atoms with Gasteiger partial charge in [0.15, 0.2) is 0 Å². The Morgan fingerprint density at radius 3 is 2.50 bits per heavy atom. The third-order valence-corrected chi connectivity index (χ3v) is 2.67. The van der Waals surface area contributed by atoms with Gasteiger partial charge in [0.1, 0.15) is 4.83 Å². The molecule has 12 heavy (non-hydrogen) atoms. The minimum Gasteiger partial charge on any atom is -0.197 e. The van der Waals surface area contributed by atoms with E-state index in [1.807, 2.05) is 18.2 Å². The fourth-order valence-corrected chi connectivity index (χ4v) is 1.28. The smallest absolute Gasteiger partial charge is 0.126 e. The van der Waals surface area contributed by atoms with E-state index in [1.54, 1.807) is 0 Å². The van der Waals surface area contributed by atoms with Gasteiger partial charge in [-0.1, -0.05) is 34.1 Å². The molecule has 1 aromatic carbocycles. The van der Waals surface area contributed by atoms with Crippen molar-refractivity contribution in [3.63, 3.8) is 0 Å². The van der Waals surface area contributed by atoms with Crippen molar-refractivity contribution in [1.29, 1.82) is 5.26 Å². The van der Waals surface area contributed by atoms with Crippen molar-refractivity contribution in [1.82, 2.24) is 0 Å². The molecular formula is C10H10BrN. The molecule has 0 aromatic heterocycles. The Kier molecular flexibility index (Phi) is 2.88. The molecule has 0 amide bonds. The summed E-state index contributed by atoms with van der Waals surface area (Å²) in [6, 6.07) is 8.20. The van der Waals surface area contributed by atoms with Crippen LogP contribution in [0.4, 0.5) is 0 Å². The average molecular weight is 224 g/mol. The van der Waals surface area contributed by atoms with Gasteiger partial charge in [0.05, 0.1) is 6.07 Å². The Balaban J connectivity index is 3.06. The number of nitrogens with zero attached hydrogens (tertiary/aromatic N) is 1. The minimum absolute atomic E-state index is 0.184. The van der Waals surface area contributed by atoms with Gasteiger partial charge in [-0.25, -0.2) is 0 Å². The van der Waals surface area contributed by atoms with Crippen molar-refractivity contribution < 1.29 is 0 Å². The molecule has 2 heteroatoms. The Morgan fingerprint density at radius 1 is 1.33 bits per heavy atom. The van der Waals surface area contributed by atoms with Crippen LogP contribution in [0.2, 0.25) is 0 Å². The van der Waals surface area contributed by atoms with Crippen LogP contribution in [0.1, 0.15) is 21.5 Å². The second kappa shape index (κ2) is 3.73. The number of nitriles is 1. The molecule has 0 aliphatic carbocycles. The number of rotatable bonds is 1. The van der Waals surface area contributed by atoms with E-state index in [9.17, 15) is 0 Å². The zero-order valence-corrected chi connectivity index (χ0v) is 8.72. The number of alkyl halides is 1. The molecule has 0 heterocycles. The summed E-state index contributed by atoms with van der Waals surface area (Å²) in [5.41, 5.74) is 3.52. The van der Waals surface area contributed by atoms with Crippen molar-refractivity contribution in [2.24, 2.45) is 0 Å². The molecular weight excluding hydrogens is 214 g/mol. The molecule has 62 valence electrons. The third-order valence-electron chi connectivity index (χ3n) is 1.94. The van der Waals surface area contributed by atoms with Gasteiger partial charge in [-0.2, -0.15) is 5.26 Å². The Hall–Kier alpha value is -0.810. The molecule has 0 saturated carbocycles. The largest absolute Gasteiger partial charge is 0.197 e. The average Bonchev–Trinajstić information content (AvgIpc) is 2.08. The summed E-state index contributed by atoms with van der Waals surface area (Å²) in [6.45, 7) is 4.12. The second-order valence-corrected chi connectivity index (χ2v) is 3.75. The molecule has 1 atom stereocenters. The van der Waals surface area contributed by atoms with Gasteiger partial charge < -0.3 is 0 Å². The van der Waals surface area contributed by atoms with Crippen LogP contribution in [0.15, 0.2) is 18.2 Å². The first kappa shape index (κ1) is 9.28. The molecule has 1 rings (SSSR count). The lowest BCUT2D eigenvalue weighted by atomic mass is 10.1. The topological polar surface area (TPSA) is 23.8 Å². The highest BCUT2D eigenvalue weighted by atomic mass is 79.9. The molecule has 0 aliphatic rings. The minimum atomic E-state index is -0.184. The molecule has 1 unspecified atom stereocenters. The Labute approximate surface area is 81.2 Å². The van der Waals surface area contributed by atoms with E-state index < -0.39 is 0 Å². The van der Waals surface area contributed by atoms with Gasteiger partial charge in [-0.05, 0) is 30.5 Å². The van der Waals surface area contributed by atoms with E-state index in [2.05, 4.69) is 35.8 Å². The fraction of sp³-hybridized carbons (Fsp3) is 0.300. The molecule has 0 spiro atoms. The molecule has 1 nitrogen and oxygen atoms in total. The lowest BCUT2D eigenvalue weighted by Gasteiger charge is -2.04. The van der Waals surface area contributed by atoms with Crippen molar-refractivity contribution in [2.75, 3.05) is 0 Å². The zero-order valence-electron chi connectivity index (χ0n) is 7.13. The number of hydrogen-bond acceptors (Lipinski definition) is 1. The van der Waals surface area contributed by atoms with Crippen LogP contribution in [0.5, 0.6) is 0 Å². The first-order chi connectivity index (χ1) is 5.65. The molecule has 0 bridgehead atoms. The SMILES string of the molecule is Cc1ccc(C(Br)C#N)cc1C. The van der Waals surface area contributed by atoms with Crippen molar-refractivity contribution >= 4 is 15.9 Å². The van der Waals surface area contributed by atoms with Crippen LogP contribution < -0.4 is 0 Å². The van der Waals surface area contributed by atoms with Crippen LogP contribution in [-0.2, 0) is 0 Å². The third kappa shape index (κ3) is 1.86. The van der Waals surface area contributed by atoms with Gasteiger partial charge in [0, 0.05) is 0 Å². The van der Waals surface area contributed by atoms with Gasteiger partial charge in [0.25, 0.3) is 0 Å². The number of aryl methyl sites for hydroxylation is 2. The molecule has 0 aliphatic heterocycles. The Morgan fingerprint density at radius 2 is 2.00 bits per heavy atom. The highest BCUT2D eigenvalue weighted by Crippen LogP contribution is 2.23. The van der Waals surface area contributed by atoms with Gasteiger partial charge in [-0.15, -0.1) is 0 Å². The van der Waals surface area contributed by atoms with E-state index in [0.29, 0.717) is 0 Å². The summed E-state index contributed by atoms with van der Waals surface area (Å²) in [6.07, 6.45) is 0. The molecule has 0 N–H and O–H groups in total. The van der Waals surface area contributed by atoms with Gasteiger partial charge >= 0.3 is 0 Å². The summed E-state index contributed by atoms with van der Waals surface area (Å²) < 4.78 is 0. The number of halogens is 1. The van der Waals surface area contributed by atoms with E-state index in [4.69, 9.17) is 5.26 Å². The van der Waals surface area contributed by atoms with Crippen LogP contribution in [0.3, 0.4) is 0 Å². The maximum absolute atomic E-state index is 8.65. The number of hydrogen-bond donors (Lipinski definition) is 0. The fourth-order valence-electron chi connectivity index (χ4n) is 0.997. The molecule has 0 saturated heterocycles. The summed E-state index contributed by atoms with van der Waals surface area (Å²) in [5.74, 6) is 0. The quantitative estimate of drug-likeness (QED) is 0.671.